The van der Waals surface area contributed by atoms with E-state index >= 15 is 0 Å². The van der Waals surface area contributed by atoms with Crippen LogP contribution in [0, 0.1) is 55.4 Å². The Morgan fingerprint density at radius 1 is 0.305 bits per heavy atom. The van der Waals surface area contributed by atoms with Crippen molar-refractivity contribution in [2.24, 2.45) is 0 Å². The molecule has 0 aliphatic rings. The largest absolute Gasteiger partial charge is 3.00 e. The van der Waals surface area contributed by atoms with E-state index < -0.39 is 29.8 Å². The third kappa shape index (κ3) is 25.4. The molecule has 22 aromatic rings. The number of pyridine rings is 5. The van der Waals surface area contributed by atoms with Crippen molar-refractivity contribution in [3.05, 3.63) is 301 Å². The predicted octanol–water partition coefficient (Wildman–Crippen LogP) is 7.91. The number of halogens is 3. The van der Waals surface area contributed by atoms with Gasteiger partial charge in [-0.1, -0.05) is 91.0 Å². The monoisotopic (exact) mass is 2190 g/mol. The van der Waals surface area contributed by atoms with Gasteiger partial charge in [-0.2, -0.15) is 48.9 Å². The molecule has 20 aromatic heterocycles. The van der Waals surface area contributed by atoms with Gasteiger partial charge >= 0.3 is 140 Å². The van der Waals surface area contributed by atoms with Crippen LogP contribution in [0.1, 0.15) is 65.1 Å². The van der Waals surface area contributed by atoms with Crippen LogP contribution in [0.5, 0.6) is 41.4 Å². The van der Waals surface area contributed by atoms with Crippen LogP contribution in [0.15, 0.2) is 249 Å². The fraction of sp³-hybridized carbons (Fsp3) is 0.140. The number of fused-ring (bicyclic) bond motifs is 7. The Labute approximate surface area is 887 Å². The van der Waals surface area contributed by atoms with Gasteiger partial charge in [0.05, 0.1) is 74.5 Å². The van der Waals surface area contributed by atoms with Crippen LogP contribution in [0.3, 0.4) is 0 Å². The molecule has 0 saturated heterocycles. The molecule has 0 radical (unpaired) electrons. The topological polar surface area (TPSA) is 484 Å². The molecule has 22 rings (SSSR count). The Hall–Kier alpha value is -14.0. The number of anilines is 1. The average molecular weight is 2200 g/mol. The van der Waals surface area contributed by atoms with Gasteiger partial charge in [-0.15, -0.1) is 5.10 Å². The van der Waals surface area contributed by atoms with Crippen molar-refractivity contribution in [1.29, 1.82) is 0 Å². The minimum absolute atomic E-state index is 0. The Morgan fingerprint density at radius 3 is 1.18 bits per heavy atom. The molecule has 0 fully saturated rings. The second-order valence-electron chi connectivity index (χ2n) is 29.7. The van der Waals surface area contributed by atoms with E-state index in [0.717, 1.165) is 92.4 Å². The predicted molar refractivity (Wildman–Crippen MR) is 514 cm³/mol. The standard InChI is InChI=1S/C17H12N4O.C16H11N5O.C13H12N4O.C12H7F3N4O.C12H13N5O.C12H18N4O.C11H9N5O.2Al.5Ga/c22-17-11-15(13-8-4-5-9-18-13)21-16(19-17)10-14(20-21)12-6-2-1-3-7-12;22-16-19-15(12-8-4-5-9-17-12)18-14-10-13(20-21(14)16)11-6-2-1-3-7-11;1-8-7-11(18)15-13-12(9(2)16-17(8)13)10-5-3-4-6-14-10;13-12(14,15)9-6-11(20)17-10-5-8(18-19(9)10)7-3-1-2-4-16-7;1-7-4-8(2)17(14-7)11-6-10-13-12(18)5-9(3)16(10)15-11;1-5-15(6-2)11-9(4)14-16-8(3)7-10(17)13-12(11)16;1-7-6-9-13-10(8-4-2-3-5-12-8)14-11(17)16(9)15-7;;;;;;;/h1-11H,(H,19,22);1-10H,(H,18,19,22);3-7H,1-2H3,(H,15,18);1-6H,(H,17,20);4-6H,1-3H3,(H,13,18);7H,5-6H2,1-4H3,(H,13,17);2-6H,1H3,(H,13,14,17);;;;;;;/q;;;;;;;7*+3/p-7. The minimum Gasteiger partial charge on any atom is -0.859 e. The molecular weight excluding hydrogens is 2120 g/mol. The van der Waals surface area contributed by atoms with E-state index in [2.05, 4.69) is 129 Å². The molecule has 672 valence electrons. The Bertz CT molecular complexity index is 7960. The number of rotatable bonds is 11. The molecule has 0 atom stereocenters. The van der Waals surface area contributed by atoms with Crippen LogP contribution in [0.25, 0.3) is 125 Å². The van der Waals surface area contributed by atoms with Gasteiger partial charge in [0.15, 0.2) is 57.0 Å². The summed E-state index contributed by atoms with van der Waals surface area (Å²) in [6.07, 6.45) is 3.48. The van der Waals surface area contributed by atoms with Crippen LogP contribution in [-0.2, 0) is 6.18 Å². The summed E-state index contributed by atoms with van der Waals surface area (Å²) < 4.78 is 50.1. The second-order valence-corrected chi connectivity index (χ2v) is 29.7. The summed E-state index contributed by atoms with van der Waals surface area (Å²) in [5.41, 5.74) is 17.7. The van der Waals surface area contributed by atoms with Crippen molar-refractivity contribution in [3.63, 3.8) is 0 Å². The second kappa shape index (κ2) is 48.8. The molecule has 38 nitrogen and oxygen atoms in total. The quantitative estimate of drug-likeness (QED) is 0.111. The smallest absolute Gasteiger partial charge is 0.859 e. The summed E-state index contributed by atoms with van der Waals surface area (Å²) in [7, 11) is 0. The summed E-state index contributed by atoms with van der Waals surface area (Å²) in [5.74, 6) is -0.674. The fourth-order valence-corrected chi connectivity index (χ4v) is 14.2. The molecule has 2 aromatic carbocycles. The van der Waals surface area contributed by atoms with E-state index in [0.29, 0.717) is 96.1 Å². The number of hydrogen-bond donors (Lipinski definition) is 0. The van der Waals surface area contributed by atoms with Crippen molar-refractivity contribution in [2.45, 2.75) is 75.4 Å². The molecule has 0 amide bonds. The van der Waals surface area contributed by atoms with Crippen LogP contribution >= 0.6 is 0 Å². The normalized spacial score (nSPS) is 10.6. The van der Waals surface area contributed by atoms with Gasteiger partial charge in [0, 0.05) is 108 Å². The Morgan fingerprint density at radius 2 is 0.695 bits per heavy atom. The fourth-order valence-electron chi connectivity index (χ4n) is 14.2. The number of nitrogens with zero attached hydrogens (tertiary/aromatic N) is 31. The summed E-state index contributed by atoms with van der Waals surface area (Å²) >= 11 is 0. The van der Waals surface area contributed by atoms with Gasteiger partial charge in [-0.3, -0.25) is 24.9 Å². The molecule has 0 bridgehead atoms. The van der Waals surface area contributed by atoms with Crippen LogP contribution in [0.4, 0.5) is 18.9 Å². The zero-order valence-corrected chi connectivity index (χ0v) is 91.4. The van der Waals surface area contributed by atoms with Gasteiger partial charge in [0.1, 0.15) is 28.5 Å². The summed E-state index contributed by atoms with van der Waals surface area (Å²) in [5, 5.41) is 116. The van der Waals surface area contributed by atoms with E-state index in [-0.39, 0.29) is 169 Å². The average Bonchev–Trinajstić information content (AvgIpc) is 1.63. The van der Waals surface area contributed by atoms with E-state index in [1.807, 2.05) is 170 Å². The maximum absolute atomic E-state index is 12.9. The van der Waals surface area contributed by atoms with Crippen LogP contribution < -0.4 is 40.6 Å². The van der Waals surface area contributed by atoms with Gasteiger partial charge < -0.3 is 40.6 Å². The van der Waals surface area contributed by atoms with Gasteiger partial charge in [0.25, 0.3) is 0 Å². The molecule has 48 heteroatoms. The first kappa shape index (κ1) is 111. The molecule has 20 heterocycles. The zero-order chi connectivity index (χ0) is 94.2. The maximum atomic E-state index is 12.9. The Kier molecular flexibility index (Phi) is 38.3. The van der Waals surface area contributed by atoms with Crippen molar-refractivity contribution >= 4 is 179 Å². The Balaban J connectivity index is 0.000000183. The third-order valence-electron chi connectivity index (χ3n) is 20.2. The number of aromatic nitrogens is 30. The van der Waals surface area contributed by atoms with E-state index in [4.69, 9.17) is 0 Å². The van der Waals surface area contributed by atoms with Crippen molar-refractivity contribution < 1.29 is 48.9 Å². The third-order valence-corrected chi connectivity index (χ3v) is 20.2. The van der Waals surface area contributed by atoms with Gasteiger partial charge in [0.2, 0.25) is 0 Å². The molecule has 0 N–H and O–H groups in total. The van der Waals surface area contributed by atoms with Crippen molar-refractivity contribution in [2.75, 3.05) is 18.0 Å². The molecule has 0 spiro atoms. The summed E-state index contributed by atoms with van der Waals surface area (Å²) in [6, 6.07) is 62.1. The SMILES string of the molecule is CCN(CC)c1c(C)nn2c(C)cc([O-])nc12.Cc1cc(C)n(-c2cc3nc([O-])cc(C)n3n2)n1.Cc1cc2nc(-c3ccccn3)nc([O-])n2n1.Cc1nn2c(C)cc([O-])nc2c1-c1ccccn1.[Al+3].[Al+3].[Ga+3].[Ga+3].[Ga+3].[Ga+3].[Ga+3].[O-]c1cc(-c2ccccn2)n2nc(-c3ccccc3)cc2n1.[O-]c1cc(C(F)(F)F)n2nc(-c3ccccn3)cc2n1.[O-]c1nc(-c2ccccn2)nc2cc(-c3ccccc3)nn12. The number of benzene rings is 2. The van der Waals surface area contributed by atoms with Crippen LogP contribution in [-0.4, -0.2) is 294 Å². The molecule has 0 aliphatic carbocycles. The number of alkyl halides is 3. The van der Waals surface area contributed by atoms with Gasteiger partial charge in [-0.25, -0.2) is 81.1 Å². The van der Waals surface area contributed by atoms with Crippen molar-refractivity contribution in [3.8, 4) is 127 Å². The van der Waals surface area contributed by atoms with E-state index in [1.165, 1.54) is 45.6 Å². The maximum Gasteiger partial charge on any atom is 3.00 e. The molecule has 0 saturated carbocycles. The van der Waals surface area contributed by atoms with E-state index in [9.17, 15) is 48.9 Å². The first-order valence-corrected chi connectivity index (χ1v) is 41.3. The molecule has 141 heavy (non-hydrogen) atoms. The zero-order valence-electron chi connectivity index (χ0n) is 77.0. The minimum atomic E-state index is -4.69. The molecule has 0 aliphatic heterocycles. The van der Waals surface area contributed by atoms with Gasteiger partial charge in [-0.05, 0) is 196 Å². The van der Waals surface area contributed by atoms with E-state index in [1.54, 1.807) is 115 Å². The van der Waals surface area contributed by atoms with Crippen molar-refractivity contribution in [1.82, 2.24) is 147 Å². The first-order valence-electron chi connectivity index (χ1n) is 41.3. The number of hydrogen-bond acceptors (Lipinski definition) is 30. The number of aryl methyl sites for hydroxylation is 8. The summed E-state index contributed by atoms with van der Waals surface area (Å²) in [6.45, 7) is 21.0. The van der Waals surface area contributed by atoms with Crippen LogP contribution in [0.2, 0.25) is 0 Å². The molecule has 0 unspecified atom stereocenters. The first-order chi connectivity index (χ1) is 64.6. The summed E-state index contributed by atoms with van der Waals surface area (Å²) in [4.78, 5) is 59.1. The molecular formula is C93H75Al2F3Ga5N31O7+14.